The van der Waals surface area contributed by atoms with Crippen LogP contribution in [0.2, 0.25) is 0 Å². The number of nitrogens with zero attached hydrogens (tertiary/aromatic N) is 4. The molecule has 0 bridgehead atoms. The zero-order chi connectivity index (χ0) is 25.9. The summed E-state index contributed by atoms with van der Waals surface area (Å²) in [6.45, 7) is 4.36. The van der Waals surface area contributed by atoms with Gasteiger partial charge >= 0.3 is 0 Å². The molecule has 0 aliphatic carbocycles. The minimum absolute atomic E-state index is 0.0870. The Labute approximate surface area is 217 Å². The molecular weight excluding hydrogens is 462 g/mol. The van der Waals surface area contributed by atoms with E-state index >= 15 is 0 Å². The fourth-order valence-electron chi connectivity index (χ4n) is 3.43. The van der Waals surface area contributed by atoms with Crippen molar-refractivity contribution in [1.82, 2.24) is 0 Å². The van der Waals surface area contributed by atoms with E-state index in [1.807, 2.05) is 97.1 Å². The predicted octanol–water partition coefficient (Wildman–Crippen LogP) is 9.32. The second kappa shape index (κ2) is 12.9. The van der Waals surface area contributed by atoms with Crippen molar-refractivity contribution < 1.29 is 9.53 Å². The molecule has 7 nitrogen and oxygen atoms in total. The van der Waals surface area contributed by atoms with Gasteiger partial charge in [0, 0.05) is 12.6 Å². The number of hydrogen-bond acceptors (Lipinski definition) is 6. The van der Waals surface area contributed by atoms with Crippen LogP contribution < -0.4 is 10.1 Å². The van der Waals surface area contributed by atoms with Crippen LogP contribution in [0, 0.1) is 0 Å². The van der Waals surface area contributed by atoms with Crippen LogP contribution in [0.3, 0.4) is 0 Å². The molecule has 0 saturated heterocycles. The topological polar surface area (TPSA) is 87.8 Å². The molecule has 0 aliphatic rings. The van der Waals surface area contributed by atoms with E-state index in [1.165, 1.54) is 6.92 Å². The minimum atomic E-state index is -0.0870. The zero-order valence-electron chi connectivity index (χ0n) is 21.0. The third-order valence-electron chi connectivity index (χ3n) is 5.42. The Kier molecular flexibility index (Phi) is 8.86. The molecule has 0 saturated carbocycles. The molecule has 0 atom stereocenters. The van der Waals surface area contributed by atoms with Crippen molar-refractivity contribution in [2.75, 3.05) is 11.9 Å². The van der Waals surface area contributed by atoms with E-state index in [9.17, 15) is 4.79 Å². The lowest BCUT2D eigenvalue weighted by Gasteiger charge is -2.05. The predicted molar refractivity (Wildman–Crippen MR) is 148 cm³/mol. The average Bonchev–Trinajstić information content (AvgIpc) is 2.93. The highest BCUT2D eigenvalue weighted by atomic mass is 16.5. The van der Waals surface area contributed by atoms with Gasteiger partial charge in [0.05, 0.1) is 29.4 Å². The highest BCUT2D eigenvalue weighted by Gasteiger charge is 2.01. The first-order chi connectivity index (χ1) is 18.1. The first kappa shape index (κ1) is 25.4. The molecule has 1 N–H and O–H groups in total. The van der Waals surface area contributed by atoms with Crippen molar-refractivity contribution in [3.05, 3.63) is 97.1 Å². The Morgan fingerprint density at radius 1 is 0.649 bits per heavy atom. The molecule has 0 heterocycles. The van der Waals surface area contributed by atoms with Gasteiger partial charge in [-0.1, -0.05) is 37.6 Å². The number of hydrogen-bond donors (Lipinski definition) is 1. The van der Waals surface area contributed by atoms with E-state index in [4.69, 9.17) is 4.74 Å². The first-order valence-corrected chi connectivity index (χ1v) is 12.2. The molecule has 0 aliphatic heterocycles. The summed E-state index contributed by atoms with van der Waals surface area (Å²) in [5, 5.41) is 20.0. The lowest BCUT2D eigenvalue weighted by molar-refractivity contribution is -0.114. The number of carbonyl (C=O) groups excluding carboxylic acids is 1. The van der Waals surface area contributed by atoms with Crippen LogP contribution in [-0.2, 0) is 4.79 Å². The summed E-state index contributed by atoms with van der Waals surface area (Å²) in [5.74, 6) is 0.755. The summed E-state index contributed by atoms with van der Waals surface area (Å²) in [7, 11) is 0. The second-order valence-electron chi connectivity index (χ2n) is 8.42. The van der Waals surface area contributed by atoms with Gasteiger partial charge in [-0.3, -0.25) is 4.79 Å². The van der Waals surface area contributed by atoms with E-state index in [0.29, 0.717) is 0 Å². The fraction of sp³-hybridized carbons (Fsp3) is 0.167. The zero-order valence-corrected chi connectivity index (χ0v) is 21.0. The molecule has 0 radical (unpaired) electrons. The SMILES string of the molecule is CCCCOc1ccc(N=Nc2ccc(N=Nc3ccc(-c4ccc(NC(C)=O)cc4)cc3)cc2)cc1. The molecule has 186 valence electrons. The van der Waals surface area contributed by atoms with Crippen molar-refractivity contribution >= 4 is 34.3 Å². The smallest absolute Gasteiger partial charge is 0.221 e. The van der Waals surface area contributed by atoms with Gasteiger partial charge in [-0.2, -0.15) is 20.5 Å². The largest absolute Gasteiger partial charge is 0.494 e. The minimum Gasteiger partial charge on any atom is -0.494 e. The Morgan fingerprint density at radius 2 is 1.05 bits per heavy atom. The van der Waals surface area contributed by atoms with Gasteiger partial charge in [-0.05, 0) is 90.3 Å². The molecule has 0 aromatic heterocycles. The number of benzene rings is 4. The molecule has 0 unspecified atom stereocenters. The molecular formula is C30H29N5O2. The van der Waals surface area contributed by atoms with Crippen LogP contribution in [0.25, 0.3) is 11.1 Å². The number of nitrogens with one attached hydrogen (secondary N) is 1. The molecule has 37 heavy (non-hydrogen) atoms. The van der Waals surface area contributed by atoms with E-state index in [1.54, 1.807) is 0 Å². The van der Waals surface area contributed by atoms with E-state index in [0.717, 1.165) is 64.8 Å². The van der Waals surface area contributed by atoms with Crippen molar-refractivity contribution in [2.45, 2.75) is 26.7 Å². The maximum Gasteiger partial charge on any atom is 0.221 e. The van der Waals surface area contributed by atoms with Crippen LogP contribution in [0.4, 0.5) is 28.4 Å². The van der Waals surface area contributed by atoms with Gasteiger partial charge in [0.2, 0.25) is 5.91 Å². The third-order valence-corrected chi connectivity index (χ3v) is 5.42. The number of azo groups is 2. The number of rotatable bonds is 10. The van der Waals surface area contributed by atoms with E-state index in [2.05, 4.69) is 32.7 Å². The Bertz CT molecular complexity index is 1350. The number of carbonyl (C=O) groups is 1. The average molecular weight is 492 g/mol. The molecule has 0 fully saturated rings. The van der Waals surface area contributed by atoms with Crippen molar-refractivity contribution in [3.63, 3.8) is 0 Å². The second-order valence-corrected chi connectivity index (χ2v) is 8.42. The summed E-state index contributed by atoms with van der Waals surface area (Å²) in [6, 6.07) is 30.5. The van der Waals surface area contributed by atoms with Crippen LogP contribution >= 0.6 is 0 Å². The first-order valence-electron chi connectivity index (χ1n) is 12.2. The van der Waals surface area contributed by atoms with Gasteiger partial charge in [0.25, 0.3) is 0 Å². The Hall–Kier alpha value is -4.65. The normalized spacial score (nSPS) is 11.2. The van der Waals surface area contributed by atoms with Gasteiger partial charge in [0.1, 0.15) is 5.75 Å². The summed E-state index contributed by atoms with van der Waals surface area (Å²) >= 11 is 0. The quantitative estimate of drug-likeness (QED) is 0.177. The summed E-state index contributed by atoms with van der Waals surface area (Å²) in [5.41, 5.74) is 5.86. The Morgan fingerprint density at radius 3 is 1.49 bits per heavy atom. The number of amides is 1. The molecule has 1 amide bonds. The monoisotopic (exact) mass is 491 g/mol. The molecule has 4 rings (SSSR count). The summed E-state index contributed by atoms with van der Waals surface area (Å²) in [6.07, 6.45) is 2.15. The van der Waals surface area contributed by atoms with Crippen LogP contribution in [-0.4, -0.2) is 12.5 Å². The van der Waals surface area contributed by atoms with Crippen LogP contribution in [0.15, 0.2) is 118 Å². The fourth-order valence-corrected chi connectivity index (χ4v) is 3.43. The Balaban J connectivity index is 1.31. The van der Waals surface area contributed by atoms with Gasteiger partial charge in [-0.25, -0.2) is 0 Å². The molecule has 4 aromatic rings. The molecule has 0 spiro atoms. The number of anilines is 1. The lowest BCUT2D eigenvalue weighted by atomic mass is 10.1. The third kappa shape index (κ3) is 7.93. The van der Waals surface area contributed by atoms with Crippen molar-refractivity contribution in [3.8, 4) is 16.9 Å². The molecule has 7 heteroatoms. The van der Waals surface area contributed by atoms with Gasteiger partial charge < -0.3 is 10.1 Å². The highest BCUT2D eigenvalue weighted by molar-refractivity contribution is 5.89. The van der Waals surface area contributed by atoms with Gasteiger partial charge in [0.15, 0.2) is 0 Å². The van der Waals surface area contributed by atoms with Crippen molar-refractivity contribution in [2.24, 2.45) is 20.5 Å². The number of ether oxygens (including phenoxy) is 1. The summed E-state index contributed by atoms with van der Waals surface area (Å²) < 4.78 is 5.67. The van der Waals surface area contributed by atoms with Crippen LogP contribution in [0.1, 0.15) is 26.7 Å². The van der Waals surface area contributed by atoms with E-state index in [-0.39, 0.29) is 5.91 Å². The summed E-state index contributed by atoms with van der Waals surface area (Å²) in [4.78, 5) is 11.2. The molecule has 4 aromatic carbocycles. The lowest BCUT2D eigenvalue weighted by Crippen LogP contribution is -2.05. The highest BCUT2D eigenvalue weighted by Crippen LogP contribution is 2.27. The number of unbranched alkanes of at least 4 members (excludes halogenated alkanes) is 1. The van der Waals surface area contributed by atoms with Crippen LogP contribution in [0.5, 0.6) is 5.75 Å². The van der Waals surface area contributed by atoms with Gasteiger partial charge in [-0.15, -0.1) is 0 Å². The van der Waals surface area contributed by atoms with E-state index < -0.39 is 0 Å². The van der Waals surface area contributed by atoms with Crippen molar-refractivity contribution in [1.29, 1.82) is 0 Å². The maximum absolute atomic E-state index is 11.2. The standard InChI is InChI=1S/C30H29N5O2/c1-3-4-21-37-30-19-17-29(18-20-30)35-34-28-15-13-27(14-16-28)33-32-26-11-7-24(8-12-26)23-5-9-25(10-6-23)31-22(2)36/h5-20H,3-4,21H2,1-2H3,(H,31,36). The maximum atomic E-state index is 11.2.